The maximum Gasteiger partial charge on any atom is 0.241 e. The maximum atomic E-state index is 12.9. The normalized spacial score (nSPS) is 16.1. The van der Waals surface area contributed by atoms with Gasteiger partial charge in [-0.25, -0.2) is 18.1 Å². The van der Waals surface area contributed by atoms with E-state index in [1.165, 1.54) is 17.4 Å². The molecule has 0 amide bonds. The molecule has 3 rings (SSSR count). The van der Waals surface area contributed by atoms with Gasteiger partial charge in [0.05, 0.1) is 9.77 Å². The first-order valence-corrected chi connectivity index (χ1v) is 10.5. The molecule has 1 saturated heterocycles. The van der Waals surface area contributed by atoms with E-state index in [1.807, 2.05) is 20.8 Å². The zero-order valence-electron chi connectivity index (χ0n) is 14.9. The van der Waals surface area contributed by atoms with Gasteiger partial charge < -0.3 is 10.6 Å². The van der Waals surface area contributed by atoms with Crippen molar-refractivity contribution in [1.82, 2.24) is 9.71 Å². The summed E-state index contributed by atoms with van der Waals surface area (Å²) in [6.07, 6.45) is 1.74. The SMILES string of the molecule is CC1CN(c2ncc(-c3ccc(N)cc3S(=O)(=O)NC(C)(C)C)s2)C1. The number of nitrogens with zero attached hydrogens (tertiary/aromatic N) is 2. The number of anilines is 2. The van der Waals surface area contributed by atoms with E-state index in [9.17, 15) is 8.42 Å². The first kappa shape index (κ1) is 18.2. The minimum atomic E-state index is -3.70. The van der Waals surface area contributed by atoms with Crippen molar-refractivity contribution in [2.24, 2.45) is 5.92 Å². The molecular formula is C17H24N4O2S2. The van der Waals surface area contributed by atoms with Gasteiger partial charge in [0.25, 0.3) is 0 Å². The molecule has 3 N–H and O–H groups in total. The minimum absolute atomic E-state index is 0.189. The zero-order valence-corrected chi connectivity index (χ0v) is 16.5. The van der Waals surface area contributed by atoms with Gasteiger partial charge in [0, 0.05) is 36.1 Å². The predicted molar refractivity (Wildman–Crippen MR) is 103 cm³/mol. The number of benzene rings is 1. The van der Waals surface area contributed by atoms with Crippen LogP contribution in [0.2, 0.25) is 0 Å². The number of sulfonamides is 1. The second kappa shape index (κ2) is 6.26. The second-order valence-electron chi connectivity index (χ2n) is 7.63. The summed E-state index contributed by atoms with van der Waals surface area (Å²) in [5.74, 6) is 0.677. The molecule has 0 radical (unpaired) electrons. The third kappa shape index (κ3) is 3.96. The Bertz CT molecular complexity index is 878. The third-order valence-corrected chi connectivity index (χ3v) is 6.72. The van der Waals surface area contributed by atoms with Crippen molar-refractivity contribution < 1.29 is 8.42 Å². The van der Waals surface area contributed by atoms with E-state index in [4.69, 9.17) is 5.73 Å². The van der Waals surface area contributed by atoms with Gasteiger partial charge in [-0.15, -0.1) is 0 Å². The highest BCUT2D eigenvalue weighted by molar-refractivity contribution is 7.89. The predicted octanol–water partition coefficient (Wildman–Crippen LogP) is 2.93. The molecule has 0 spiro atoms. The second-order valence-corrected chi connectivity index (χ2v) is 10.3. The molecule has 0 unspecified atom stereocenters. The van der Waals surface area contributed by atoms with E-state index in [0.717, 1.165) is 23.1 Å². The fourth-order valence-electron chi connectivity index (χ4n) is 2.81. The van der Waals surface area contributed by atoms with Gasteiger partial charge in [0.1, 0.15) is 0 Å². The smallest absolute Gasteiger partial charge is 0.241 e. The highest BCUT2D eigenvalue weighted by atomic mass is 32.2. The topological polar surface area (TPSA) is 88.3 Å². The molecule has 0 aliphatic carbocycles. The molecule has 2 heterocycles. The Morgan fingerprint density at radius 2 is 2.00 bits per heavy atom. The van der Waals surface area contributed by atoms with Crippen LogP contribution in [0.1, 0.15) is 27.7 Å². The van der Waals surface area contributed by atoms with Crippen molar-refractivity contribution >= 4 is 32.2 Å². The van der Waals surface area contributed by atoms with E-state index in [1.54, 1.807) is 18.3 Å². The lowest BCUT2D eigenvalue weighted by Gasteiger charge is -2.36. The van der Waals surface area contributed by atoms with Crippen LogP contribution in [-0.2, 0) is 10.0 Å². The molecule has 25 heavy (non-hydrogen) atoms. The van der Waals surface area contributed by atoms with Crippen LogP contribution in [0.3, 0.4) is 0 Å². The van der Waals surface area contributed by atoms with Crippen LogP contribution in [0.5, 0.6) is 0 Å². The van der Waals surface area contributed by atoms with Gasteiger partial charge in [-0.2, -0.15) is 0 Å². The summed E-state index contributed by atoms with van der Waals surface area (Å²) in [6.45, 7) is 9.62. The molecule has 0 bridgehead atoms. The molecule has 6 nitrogen and oxygen atoms in total. The first-order chi connectivity index (χ1) is 11.5. The number of nitrogens with one attached hydrogen (secondary N) is 1. The van der Waals surface area contributed by atoms with Crippen molar-refractivity contribution in [3.8, 4) is 10.4 Å². The first-order valence-electron chi connectivity index (χ1n) is 8.20. The van der Waals surface area contributed by atoms with Gasteiger partial charge in [-0.05, 0) is 38.8 Å². The largest absolute Gasteiger partial charge is 0.399 e. The molecule has 1 aromatic carbocycles. The molecule has 1 aliphatic heterocycles. The van der Waals surface area contributed by atoms with E-state index >= 15 is 0 Å². The number of rotatable bonds is 4. The van der Waals surface area contributed by atoms with Crippen molar-refractivity contribution in [3.63, 3.8) is 0 Å². The van der Waals surface area contributed by atoms with Gasteiger partial charge in [-0.3, -0.25) is 0 Å². The molecule has 1 aromatic heterocycles. The number of hydrogen-bond donors (Lipinski definition) is 2. The van der Waals surface area contributed by atoms with Crippen LogP contribution in [-0.4, -0.2) is 32.0 Å². The standard InChI is InChI=1S/C17H24N4O2S2/c1-11-9-21(10-11)16-19-8-14(24-16)13-6-5-12(18)7-15(13)25(22,23)20-17(2,3)4/h5-8,11,20H,9-10,18H2,1-4H3. The van der Waals surface area contributed by atoms with Gasteiger partial charge in [-0.1, -0.05) is 24.3 Å². The lowest BCUT2D eigenvalue weighted by atomic mass is 10.0. The Labute approximate surface area is 153 Å². The fourth-order valence-corrected chi connectivity index (χ4v) is 5.53. The highest BCUT2D eigenvalue weighted by Gasteiger charge is 2.28. The Balaban J connectivity index is 2.00. The van der Waals surface area contributed by atoms with Crippen LogP contribution in [0.15, 0.2) is 29.3 Å². The Hall–Kier alpha value is -1.64. The molecule has 8 heteroatoms. The summed E-state index contributed by atoms with van der Waals surface area (Å²) in [7, 11) is -3.70. The number of nitrogen functional groups attached to an aromatic ring is 1. The lowest BCUT2D eigenvalue weighted by molar-refractivity contribution is 0.446. The van der Waals surface area contributed by atoms with E-state index in [2.05, 4.69) is 21.5 Å². The number of thiazole rings is 1. The van der Waals surface area contributed by atoms with Crippen LogP contribution in [0, 0.1) is 5.92 Å². The van der Waals surface area contributed by atoms with Gasteiger partial charge >= 0.3 is 0 Å². The highest BCUT2D eigenvalue weighted by Crippen LogP contribution is 2.37. The van der Waals surface area contributed by atoms with Crippen molar-refractivity contribution in [3.05, 3.63) is 24.4 Å². The van der Waals surface area contributed by atoms with E-state index < -0.39 is 15.6 Å². The van der Waals surface area contributed by atoms with Crippen LogP contribution >= 0.6 is 11.3 Å². The summed E-state index contributed by atoms with van der Waals surface area (Å²) >= 11 is 1.51. The Morgan fingerprint density at radius 1 is 1.32 bits per heavy atom. The zero-order chi connectivity index (χ0) is 18.4. The summed E-state index contributed by atoms with van der Waals surface area (Å²) in [6, 6.07) is 4.98. The summed E-state index contributed by atoms with van der Waals surface area (Å²) < 4.78 is 28.4. The summed E-state index contributed by atoms with van der Waals surface area (Å²) in [5, 5.41) is 0.928. The van der Waals surface area contributed by atoms with Gasteiger partial charge in [0.15, 0.2) is 5.13 Å². The van der Waals surface area contributed by atoms with Crippen molar-refractivity contribution in [2.45, 2.75) is 38.1 Å². The quantitative estimate of drug-likeness (QED) is 0.796. The lowest BCUT2D eigenvalue weighted by Crippen LogP contribution is -2.45. The van der Waals surface area contributed by atoms with Gasteiger partial charge in [0.2, 0.25) is 10.0 Å². The van der Waals surface area contributed by atoms with Crippen molar-refractivity contribution in [2.75, 3.05) is 23.7 Å². The average Bonchev–Trinajstić information content (AvgIpc) is 2.90. The van der Waals surface area contributed by atoms with Crippen LogP contribution < -0.4 is 15.4 Å². The fraction of sp³-hybridized carbons (Fsp3) is 0.471. The number of nitrogens with two attached hydrogens (primary N) is 1. The van der Waals surface area contributed by atoms with E-state index in [0.29, 0.717) is 17.2 Å². The molecule has 1 fully saturated rings. The number of hydrogen-bond acceptors (Lipinski definition) is 6. The molecule has 2 aromatic rings. The van der Waals surface area contributed by atoms with E-state index in [-0.39, 0.29) is 4.90 Å². The summed E-state index contributed by atoms with van der Waals surface area (Å²) in [5.41, 5.74) is 6.32. The molecule has 136 valence electrons. The third-order valence-electron chi connectivity index (χ3n) is 3.83. The van der Waals surface area contributed by atoms with Crippen LogP contribution in [0.25, 0.3) is 10.4 Å². The number of aromatic nitrogens is 1. The monoisotopic (exact) mass is 380 g/mol. The van der Waals surface area contributed by atoms with Crippen molar-refractivity contribution in [1.29, 1.82) is 0 Å². The maximum absolute atomic E-state index is 12.9. The average molecular weight is 381 g/mol. The Kier molecular flexibility index (Phi) is 4.55. The molecule has 0 saturated carbocycles. The Morgan fingerprint density at radius 3 is 2.60 bits per heavy atom. The molecule has 1 aliphatic rings. The van der Waals surface area contributed by atoms with Crippen LogP contribution in [0.4, 0.5) is 10.8 Å². The molecule has 0 atom stereocenters. The summed E-state index contributed by atoms with van der Waals surface area (Å²) in [4.78, 5) is 7.69. The minimum Gasteiger partial charge on any atom is -0.399 e. The molecular weight excluding hydrogens is 356 g/mol.